The average molecular weight is 237 g/mol. The van der Waals surface area contributed by atoms with Crippen molar-refractivity contribution < 1.29 is 0 Å². The van der Waals surface area contributed by atoms with Crippen molar-refractivity contribution in [3.05, 3.63) is 12.2 Å². The van der Waals surface area contributed by atoms with Crippen LogP contribution in [-0.4, -0.2) is 18.2 Å². The maximum absolute atomic E-state index is 5.22. The van der Waals surface area contributed by atoms with Gasteiger partial charge in [0, 0.05) is 13.1 Å². The molecule has 0 heterocycles. The van der Waals surface area contributed by atoms with Crippen LogP contribution in [0.15, 0.2) is 12.2 Å². The van der Waals surface area contributed by atoms with Crippen molar-refractivity contribution in [1.29, 1.82) is 0 Å². The van der Waals surface area contributed by atoms with Crippen molar-refractivity contribution in [3.8, 4) is 0 Å². The van der Waals surface area contributed by atoms with E-state index in [-0.39, 0.29) is 0 Å². The van der Waals surface area contributed by atoms with E-state index in [4.69, 9.17) is 12.2 Å². The highest BCUT2D eigenvalue weighted by molar-refractivity contribution is 7.80. The van der Waals surface area contributed by atoms with E-state index in [0.717, 1.165) is 28.8 Å². The molecular weight excluding hydrogens is 218 g/mol. The van der Waals surface area contributed by atoms with E-state index in [1.54, 1.807) is 0 Å². The molecule has 3 aliphatic rings. The summed E-state index contributed by atoms with van der Waals surface area (Å²) in [4.78, 5) is 0. The Balaban J connectivity index is 1.63. The number of hydrazine groups is 1. The van der Waals surface area contributed by atoms with E-state index in [1.165, 1.54) is 19.3 Å². The van der Waals surface area contributed by atoms with Crippen LogP contribution in [0.3, 0.4) is 0 Å². The summed E-state index contributed by atoms with van der Waals surface area (Å²) in [6.45, 7) is 0. The summed E-state index contributed by atoms with van der Waals surface area (Å²) in [7, 11) is 1.84. The fraction of sp³-hybridized carbons (Fsp3) is 0.750. The van der Waals surface area contributed by atoms with Gasteiger partial charge in [0.25, 0.3) is 0 Å². The van der Waals surface area contributed by atoms with Gasteiger partial charge in [-0.3, -0.25) is 5.43 Å². The zero-order valence-corrected chi connectivity index (χ0v) is 10.4. The number of hydrogen-bond acceptors (Lipinski definition) is 2. The van der Waals surface area contributed by atoms with Crippen LogP contribution in [-0.2, 0) is 0 Å². The summed E-state index contributed by atoms with van der Waals surface area (Å²) >= 11 is 5.22. The molecule has 0 aromatic heterocycles. The monoisotopic (exact) mass is 237 g/mol. The first kappa shape index (κ1) is 10.5. The average Bonchev–Trinajstić information content (AvgIpc) is 2.86. The quantitative estimate of drug-likeness (QED) is 0.383. The molecule has 4 heteroatoms. The molecule has 0 radical (unpaired) electrons. The largest absolute Gasteiger partial charge is 0.359 e. The van der Waals surface area contributed by atoms with Crippen molar-refractivity contribution in [2.45, 2.75) is 25.3 Å². The molecule has 0 aromatic rings. The van der Waals surface area contributed by atoms with Gasteiger partial charge in [-0.15, -0.1) is 0 Å². The lowest BCUT2D eigenvalue weighted by Gasteiger charge is -2.32. The summed E-state index contributed by atoms with van der Waals surface area (Å²) in [5, 5.41) is 4.18. The van der Waals surface area contributed by atoms with Crippen molar-refractivity contribution in [2.75, 3.05) is 7.05 Å². The normalized spacial score (nSPS) is 43.4. The predicted octanol–water partition coefficient (Wildman–Crippen LogP) is 1.19. The van der Waals surface area contributed by atoms with Crippen LogP contribution in [0.2, 0.25) is 0 Å². The Labute approximate surface area is 102 Å². The first-order chi connectivity index (χ1) is 7.79. The molecule has 3 aliphatic carbocycles. The summed E-state index contributed by atoms with van der Waals surface area (Å²) in [6.07, 6.45) is 8.84. The molecular formula is C12H19N3S. The Bertz CT molecular complexity index is 328. The third-order valence-electron chi connectivity index (χ3n) is 4.56. The number of rotatable bonds is 2. The van der Waals surface area contributed by atoms with E-state index in [0.29, 0.717) is 6.04 Å². The number of hydrogen-bond donors (Lipinski definition) is 3. The second-order valence-corrected chi connectivity index (χ2v) is 5.66. The second kappa shape index (κ2) is 4.00. The second-order valence-electron chi connectivity index (χ2n) is 5.26. The van der Waals surface area contributed by atoms with Gasteiger partial charge < -0.3 is 5.32 Å². The Kier molecular flexibility index (Phi) is 2.64. The van der Waals surface area contributed by atoms with Gasteiger partial charge in [-0.05, 0) is 55.2 Å². The minimum absolute atomic E-state index is 0.586. The van der Waals surface area contributed by atoms with Crippen molar-refractivity contribution in [2.24, 2.45) is 23.7 Å². The van der Waals surface area contributed by atoms with E-state index in [2.05, 4.69) is 28.3 Å². The first-order valence-electron chi connectivity index (χ1n) is 6.19. The number of nitrogens with one attached hydrogen (secondary N) is 3. The summed E-state index contributed by atoms with van der Waals surface area (Å²) < 4.78 is 0. The topological polar surface area (TPSA) is 36.1 Å². The van der Waals surface area contributed by atoms with Crippen LogP contribution in [0.5, 0.6) is 0 Å². The molecule has 2 fully saturated rings. The predicted molar refractivity (Wildman–Crippen MR) is 68.7 cm³/mol. The molecule has 0 saturated heterocycles. The standard InChI is InChI=1S/C12H19N3S/c1-13-15-12(16)14-11-6-7-5-10(11)9-4-2-3-8(7)9/h2,4,7-11,13H,3,5-6H2,1H3,(H2,14,15,16)/t7-,8+,9-,10-,11+/m0/s1. The van der Waals surface area contributed by atoms with E-state index in [1.807, 2.05) is 7.05 Å². The molecule has 0 amide bonds. The molecule has 3 rings (SSSR count). The Morgan fingerprint density at radius 3 is 3.00 bits per heavy atom. The summed E-state index contributed by atoms with van der Waals surface area (Å²) in [5.41, 5.74) is 5.81. The molecule has 2 saturated carbocycles. The van der Waals surface area contributed by atoms with Gasteiger partial charge in [-0.2, -0.15) is 0 Å². The molecule has 3 N–H and O–H groups in total. The van der Waals surface area contributed by atoms with Crippen molar-refractivity contribution in [1.82, 2.24) is 16.2 Å². The van der Waals surface area contributed by atoms with Gasteiger partial charge in [0.15, 0.2) is 5.11 Å². The molecule has 3 nitrogen and oxygen atoms in total. The molecule has 0 spiro atoms. The van der Waals surface area contributed by atoms with Crippen LogP contribution < -0.4 is 16.2 Å². The van der Waals surface area contributed by atoms with Gasteiger partial charge in [0.2, 0.25) is 0 Å². The maximum Gasteiger partial charge on any atom is 0.181 e. The van der Waals surface area contributed by atoms with Crippen LogP contribution in [0.25, 0.3) is 0 Å². The van der Waals surface area contributed by atoms with E-state index < -0.39 is 0 Å². The minimum Gasteiger partial charge on any atom is -0.359 e. The van der Waals surface area contributed by atoms with Crippen molar-refractivity contribution >= 4 is 17.3 Å². The van der Waals surface area contributed by atoms with Gasteiger partial charge in [-0.25, -0.2) is 5.43 Å². The minimum atomic E-state index is 0.586. The van der Waals surface area contributed by atoms with Gasteiger partial charge >= 0.3 is 0 Å². The van der Waals surface area contributed by atoms with Gasteiger partial charge in [0.1, 0.15) is 0 Å². The molecule has 88 valence electrons. The number of allylic oxidation sites excluding steroid dienone is 2. The van der Waals surface area contributed by atoms with Crippen LogP contribution >= 0.6 is 12.2 Å². The zero-order chi connectivity index (χ0) is 11.1. The third kappa shape index (κ3) is 1.55. The summed E-state index contributed by atoms with van der Waals surface area (Å²) in [6, 6.07) is 0.586. The van der Waals surface area contributed by atoms with Crippen LogP contribution in [0.1, 0.15) is 19.3 Å². The lowest BCUT2D eigenvalue weighted by Crippen LogP contribution is -2.49. The Morgan fingerprint density at radius 2 is 2.19 bits per heavy atom. The third-order valence-corrected chi connectivity index (χ3v) is 4.78. The van der Waals surface area contributed by atoms with Crippen LogP contribution in [0, 0.1) is 23.7 Å². The molecule has 5 atom stereocenters. The molecule has 0 unspecified atom stereocenters. The van der Waals surface area contributed by atoms with Gasteiger partial charge in [-0.1, -0.05) is 12.2 Å². The SMILES string of the molecule is CNNC(=S)N[C@@H]1C[C@@H]2C[C@H]1[C@H]1C=CC[C@H]21. The Morgan fingerprint density at radius 1 is 1.31 bits per heavy atom. The first-order valence-corrected chi connectivity index (χ1v) is 6.60. The zero-order valence-electron chi connectivity index (χ0n) is 9.57. The van der Waals surface area contributed by atoms with E-state index in [9.17, 15) is 0 Å². The lowest BCUT2D eigenvalue weighted by atomic mass is 9.79. The number of thiocarbonyl (C=S) groups is 1. The smallest absolute Gasteiger partial charge is 0.181 e. The maximum atomic E-state index is 5.22. The van der Waals surface area contributed by atoms with Gasteiger partial charge in [0.05, 0.1) is 0 Å². The molecule has 2 bridgehead atoms. The molecule has 0 aliphatic heterocycles. The molecule has 16 heavy (non-hydrogen) atoms. The fourth-order valence-electron chi connectivity index (χ4n) is 4.03. The Hall–Kier alpha value is -0.610. The highest BCUT2D eigenvalue weighted by atomic mass is 32.1. The summed E-state index contributed by atoms with van der Waals surface area (Å²) in [5.74, 6) is 3.52. The highest BCUT2D eigenvalue weighted by Crippen LogP contribution is 2.56. The highest BCUT2D eigenvalue weighted by Gasteiger charge is 2.52. The van der Waals surface area contributed by atoms with Crippen molar-refractivity contribution in [3.63, 3.8) is 0 Å². The van der Waals surface area contributed by atoms with Crippen LogP contribution in [0.4, 0.5) is 0 Å². The lowest BCUT2D eigenvalue weighted by molar-refractivity contribution is 0.245. The number of fused-ring (bicyclic) bond motifs is 5. The fourth-order valence-corrected chi connectivity index (χ4v) is 4.28. The molecule has 0 aromatic carbocycles. The van der Waals surface area contributed by atoms with E-state index >= 15 is 0 Å².